The number of nitrogens with zero attached hydrogens (tertiary/aromatic N) is 3. The van der Waals surface area contributed by atoms with Gasteiger partial charge in [-0.25, -0.2) is 9.48 Å². The minimum absolute atomic E-state index is 0.195. The van der Waals surface area contributed by atoms with Gasteiger partial charge in [-0.3, -0.25) is 14.9 Å². The molecule has 28 heavy (non-hydrogen) atoms. The van der Waals surface area contributed by atoms with Gasteiger partial charge in [0, 0.05) is 18.0 Å². The van der Waals surface area contributed by atoms with Crippen LogP contribution < -0.4 is 10.6 Å². The topological polar surface area (TPSA) is 96.3 Å². The van der Waals surface area contributed by atoms with E-state index in [0.29, 0.717) is 17.8 Å². The first-order chi connectivity index (χ1) is 13.5. The van der Waals surface area contributed by atoms with Crippen LogP contribution in [0.5, 0.6) is 0 Å². The molecule has 0 saturated carbocycles. The number of carbonyl (C=O) groups excluding carboxylic acids is 3. The highest BCUT2D eigenvalue weighted by molar-refractivity contribution is 7.20. The molecule has 2 aromatic heterocycles. The lowest BCUT2D eigenvalue weighted by Gasteiger charge is -2.13. The van der Waals surface area contributed by atoms with E-state index in [0.717, 1.165) is 21.6 Å². The third-order valence-electron chi connectivity index (χ3n) is 5.20. The SMILES string of the molecule is Cc1nn(-c2ccccc2)c2sc(C(=O)NC3CC4C(=O)NC(=O)N4C3)cc12. The average molecular weight is 395 g/mol. The quantitative estimate of drug-likeness (QED) is 0.661. The van der Waals surface area contributed by atoms with Crippen LogP contribution in [0.25, 0.3) is 15.9 Å². The summed E-state index contributed by atoms with van der Waals surface area (Å²) in [5.74, 6) is -0.485. The maximum atomic E-state index is 12.8. The Morgan fingerprint density at radius 1 is 1.29 bits per heavy atom. The van der Waals surface area contributed by atoms with Crippen molar-refractivity contribution in [3.63, 3.8) is 0 Å². The lowest BCUT2D eigenvalue weighted by atomic mass is 10.1. The molecule has 2 N–H and O–H groups in total. The smallest absolute Gasteiger partial charge is 0.324 e. The Morgan fingerprint density at radius 2 is 2.07 bits per heavy atom. The summed E-state index contributed by atoms with van der Waals surface area (Å²) in [6.45, 7) is 2.27. The van der Waals surface area contributed by atoms with Crippen molar-refractivity contribution in [3.8, 4) is 5.69 Å². The molecule has 4 heterocycles. The number of aryl methyl sites for hydroxylation is 1. The highest BCUT2D eigenvalue weighted by Gasteiger charge is 2.46. The van der Waals surface area contributed by atoms with E-state index in [9.17, 15) is 14.4 Å². The molecule has 4 amide bonds. The van der Waals surface area contributed by atoms with Crippen LogP contribution >= 0.6 is 11.3 Å². The molecule has 2 fully saturated rings. The summed E-state index contributed by atoms with van der Waals surface area (Å²) in [5, 5.41) is 10.8. The number of benzene rings is 1. The van der Waals surface area contributed by atoms with E-state index in [1.165, 1.54) is 16.2 Å². The lowest BCUT2D eigenvalue weighted by Crippen LogP contribution is -2.39. The van der Waals surface area contributed by atoms with Crippen LogP contribution in [0.1, 0.15) is 21.8 Å². The maximum Gasteiger partial charge on any atom is 0.324 e. The van der Waals surface area contributed by atoms with Crippen molar-refractivity contribution in [2.75, 3.05) is 6.54 Å². The van der Waals surface area contributed by atoms with Gasteiger partial charge in [0.2, 0.25) is 0 Å². The fourth-order valence-corrected chi connectivity index (χ4v) is 4.92. The van der Waals surface area contributed by atoms with Crippen molar-refractivity contribution in [2.24, 2.45) is 0 Å². The number of urea groups is 1. The van der Waals surface area contributed by atoms with Crippen LogP contribution in [0.4, 0.5) is 4.79 Å². The number of rotatable bonds is 3. The Bertz CT molecular complexity index is 1100. The monoisotopic (exact) mass is 395 g/mol. The largest absolute Gasteiger partial charge is 0.347 e. The molecule has 0 bridgehead atoms. The van der Waals surface area contributed by atoms with Gasteiger partial charge >= 0.3 is 6.03 Å². The van der Waals surface area contributed by atoms with E-state index >= 15 is 0 Å². The lowest BCUT2D eigenvalue weighted by molar-refractivity contribution is -0.121. The fraction of sp³-hybridized carbons (Fsp3) is 0.263. The molecule has 142 valence electrons. The van der Waals surface area contributed by atoms with Gasteiger partial charge in [0.1, 0.15) is 10.9 Å². The Kier molecular flexibility index (Phi) is 3.73. The molecule has 0 spiro atoms. The number of amides is 4. The van der Waals surface area contributed by atoms with E-state index in [1.54, 1.807) is 0 Å². The second-order valence-corrected chi connectivity index (χ2v) is 8.06. The number of nitrogens with one attached hydrogen (secondary N) is 2. The zero-order chi connectivity index (χ0) is 19.4. The molecule has 9 heteroatoms. The first-order valence-electron chi connectivity index (χ1n) is 8.98. The number of carbonyl (C=O) groups is 3. The molecular weight excluding hydrogens is 378 g/mol. The molecule has 2 unspecified atom stereocenters. The summed E-state index contributed by atoms with van der Waals surface area (Å²) in [6, 6.07) is 10.5. The number of imide groups is 1. The van der Waals surface area contributed by atoms with Gasteiger partial charge in [-0.15, -0.1) is 11.3 Å². The van der Waals surface area contributed by atoms with E-state index in [2.05, 4.69) is 15.7 Å². The van der Waals surface area contributed by atoms with Crippen LogP contribution in [0.2, 0.25) is 0 Å². The number of hydrogen-bond acceptors (Lipinski definition) is 5. The maximum absolute atomic E-state index is 12.8. The second-order valence-electron chi connectivity index (χ2n) is 7.03. The van der Waals surface area contributed by atoms with Gasteiger partial charge in [-0.1, -0.05) is 18.2 Å². The molecule has 2 atom stereocenters. The highest BCUT2D eigenvalue weighted by Crippen LogP contribution is 2.31. The molecule has 2 aliphatic heterocycles. The first kappa shape index (κ1) is 16.9. The molecule has 3 aromatic rings. The number of fused-ring (bicyclic) bond motifs is 2. The van der Waals surface area contributed by atoms with Crippen LogP contribution in [0.15, 0.2) is 36.4 Å². The summed E-state index contributed by atoms with van der Waals surface area (Å²) < 4.78 is 1.85. The standard InChI is InChI=1S/C19H17N5O3S/c1-10-13-8-15(28-18(13)24(22-10)12-5-3-2-4-6-12)17(26)20-11-7-14-16(25)21-19(27)23(14)9-11/h2-6,8,11,14H,7,9H2,1H3,(H,20,26)(H,21,25,27). The van der Waals surface area contributed by atoms with E-state index in [1.807, 2.05) is 48.0 Å². The van der Waals surface area contributed by atoms with Crippen molar-refractivity contribution in [1.29, 1.82) is 0 Å². The van der Waals surface area contributed by atoms with Gasteiger partial charge in [0.05, 0.1) is 16.3 Å². The summed E-state index contributed by atoms with van der Waals surface area (Å²) in [5.41, 5.74) is 1.80. The second kappa shape index (κ2) is 6.16. The van der Waals surface area contributed by atoms with Crippen molar-refractivity contribution >= 4 is 39.4 Å². The summed E-state index contributed by atoms with van der Waals surface area (Å²) in [4.78, 5) is 39.3. The molecule has 2 saturated heterocycles. The molecule has 1 aromatic carbocycles. The minimum Gasteiger partial charge on any atom is -0.347 e. The Hall–Kier alpha value is -3.20. The average Bonchev–Trinajstić information content (AvgIpc) is 3.41. The summed E-state index contributed by atoms with van der Waals surface area (Å²) in [6.07, 6.45) is 0.436. The van der Waals surface area contributed by atoms with Crippen LogP contribution in [-0.4, -0.2) is 51.2 Å². The van der Waals surface area contributed by atoms with Gasteiger partial charge < -0.3 is 10.2 Å². The Balaban J connectivity index is 1.39. The number of thiophene rings is 1. The van der Waals surface area contributed by atoms with Gasteiger partial charge in [-0.05, 0) is 31.5 Å². The van der Waals surface area contributed by atoms with Gasteiger partial charge in [-0.2, -0.15) is 5.10 Å². The molecule has 2 aliphatic rings. The predicted octanol–water partition coefficient (Wildman–Crippen LogP) is 1.82. The highest BCUT2D eigenvalue weighted by atomic mass is 32.1. The molecule has 0 radical (unpaired) electrons. The molecule has 8 nitrogen and oxygen atoms in total. The van der Waals surface area contributed by atoms with Crippen LogP contribution in [0.3, 0.4) is 0 Å². The van der Waals surface area contributed by atoms with E-state index < -0.39 is 6.04 Å². The van der Waals surface area contributed by atoms with Crippen molar-refractivity contribution in [3.05, 3.63) is 47.0 Å². The van der Waals surface area contributed by atoms with Crippen molar-refractivity contribution in [1.82, 2.24) is 25.3 Å². The zero-order valence-electron chi connectivity index (χ0n) is 15.0. The number of aromatic nitrogens is 2. The molecule has 0 aliphatic carbocycles. The first-order valence-corrected chi connectivity index (χ1v) is 9.80. The van der Waals surface area contributed by atoms with E-state index in [4.69, 9.17) is 0 Å². The normalized spacial score (nSPS) is 21.2. The van der Waals surface area contributed by atoms with Crippen LogP contribution in [-0.2, 0) is 4.79 Å². The fourth-order valence-electron chi connectivity index (χ4n) is 3.83. The number of para-hydroxylation sites is 1. The predicted molar refractivity (Wildman–Crippen MR) is 104 cm³/mol. The van der Waals surface area contributed by atoms with Crippen LogP contribution in [0, 0.1) is 6.92 Å². The van der Waals surface area contributed by atoms with Crippen molar-refractivity contribution < 1.29 is 14.4 Å². The summed E-state index contributed by atoms with van der Waals surface area (Å²) >= 11 is 1.38. The summed E-state index contributed by atoms with van der Waals surface area (Å²) in [7, 11) is 0. The van der Waals surface area contributed by atoms with Gasteiger partial charge in [0.15, 0.2) is 0 Å². The third kappa shape index (κ3) is 2.58. The third-order valence-corrected chi connectivity index (χ3v) is 6.31. The van der Waals surface area contributed by atoms with Crippen molar-refractivity contribution in [2.45, 2.75) is 25.4 Å². The van der Waals surface area contributed by atoms with E-state index in [-0.39, 0.29) is 23.9 Å². The minimum atomic E-state index is -0.478. The Labute approximate surface area is 164 Å². The molecular formula is C19H17N5O3S. The zero-order valence-corrected chi connectivity index (χ0v) is 15.8. The molecule has 5 rings (SSSR count). The number of hydrogen-bond donors (Lipinski definition) is 2. The Morgan fingerprint density at radius 3 is 2.82 bits per heavy atom. The van der Waals surface area contributed by atoms with Gasteiger partial charge in [0.25, 0.3) is 11.8 Å².